The van der Waals surface area contributed by atoms with E-state index in [0.717, 1.165) is 12.1 Å². The molecule has 3 heterocycles. The molecular weight excluding hydrogens is 268 g/mol. The lowest BCUT2D eigenvalue weighted by atomic mass is 10.1. The number of rotatable bonds is 4. The number of allylic oxidation sites excluding steroid dienone is 1. The second kappa shape index (κ2) is 6.10. The van der Waals surface area contributed by atoms with E-state index in [2.05, 4.69) is 16.7 Å². The van der Waals surface area contributed by atoms with Crippen LogP contribution in [0.15, 0.2) is 29.1 Å². The van der Waals surface area contributed by atoms with Gasteiger partial charge in [0, 0.05) is 42.9 Å². The minimum absolute atomic E-state index is 0.117. The molecule has 2 aliphatic rings. The molecule has 1 aromatic rings. The summed E-state index contributed by atoms with van der Waals surface area (Å²) >= 11 is 1.57. The molecule has 2 aliphatic heterocycles. The van der Waals surface area contributed by atoms with Crippen molar-refractivity contribution in [2.24, 2.45) is 5.92 Å². The maximum Gasteiger partial charge on any atom is 0.188 e. The van der Waals surface area contributed by atoms with Gasteiger partial charge in [0.15, 0.2) is 5.78 Å². The number of nitrogens with zero attached hydrogens (tertiary/aromatic N) is 2. The maximum absolute atomic E-state index is 12.1. The van der Waals surface area contributed by atoms with Gasteiger partial charge in [0.1, 0.15) is 0 Å². The summed E-state index contributed by atoms with van der Waals surface area (Å²) in [7, 11) is 0. The fraction of sp³-hybridized carbons (Fsp3) is 0.562. The van der Waals surface area contributed by atoms with Crippen molar-refractivity contribution in [1.82, 2.24) is 9.80 Å². The van der Waals surface area contributed by atoms with Crippen molar-refractivity contribution in [3.63, 3.8) is 0 Å². The molecule has 2 fully saturated rings. The minimum Gasteiger partial charge on any atom is -0.361 e. The number of carbonyl (C=O) groups is 1. The molecule has 2 atom stereocenters. The highest BCUT2D eigenvalue weighted by atomic mass is 32.1. The lowest BCUT2D eigenvalue weighted by molar-refractivity contribution is 0.100. The Morgan fingerprint density at radius 3 is 2.85 bits per heavy atom. The zero-order chi connectivity index (χ0) is 13.9. The predicted octanol–water partition coefficient (Wildman–Crippen LogP) is 3.21. The summed E-state index contributed by atoms with van der Waals surface area (Å²) in [5.74, 6) is 0.806. The van der Waals surface area contributed by atoms with E-state index in [-0.39, 0.29) is 5.78 Å². The normalized spacial score (nSPS) is 27.8. The first-order valence-corrected chi connectivity index (χ1v) is 8.44. The Morgan fingerprint density at radius 1 is 1.35 bits per heavy atom. The molecule has 0 aliphatic carbocycles. The first-order valence-electron chi connectivity index (χ1n) is 7.50. The molecule has 3 rings (SSSR count). The van der Waals surface area contributed by atoms with Crippen LogP contribution in [0, 0.1) is 5.92 Å². The van der Waals surface area contributed by atoms with E-state index < -0.39 is 0 Å². The Kier molecular flexibility index (Phi) is 4.22. The highest BCUT2D eigenvalue weighted by Crippen LogP contribution is 2.29. The highest BCUT2D eigenvalue weighted by Gasteiger charge is 2.35. The molecule has 4 heteroatoms. The van der Waals surface area contributed by atoms with Crippen molar-refractivity contribution < 1.29 is 4.79 Å². The summed E-state index contributed by atoms with van der Waals surface area (Å²) in [6, 6.07) is 1.89. The van der Waals surface area contributed by atoms with Gasteiger partial charge >= 0.3 is 0 Å². The zero-order valence-electron chi connectivity index (χ0n) is 12.0. The summed E-state index contributed by atoms with van der Waals surface area (Å²) < 4.78 is 0. The van der Waals surface area contributed by atoms with E-state index in [1.54, 1.807) is 17.4 Å². The molecule has 0 saturated carbocycles. The van der Waals surface area contributed by atoms with Crippen molar-refractivity contribution in [2.45, 2.75) is 32.4 Å². The first kappa shape index (κ1) is 13.8. The second-order valence-electron chi connectivity index (χ2n) is 5.85. The van der Waals surface area contributed by atoms with Gasteiger partial charge in [-0.25, -0.2) is 0 Å². The summed E-state index contributed by atoms with van der Waals surface area (Å²) in [5.41, 5.74) is 0.802. The van der Waals surface area contributed by atoms with Crippen LogP contribution < -0.4 is 0 Å². The molecule has 3 nitrogen and oxygen atoms in total. The summed E-state index contributed by atoms with van der Waals surface area (Å²) in [4.78, 5) is 17.0. The van der Waals surface area contributed by atoms with Crippen LogP contribution in [-0.4, -0.2) is 41.4 Å². The Bertz CT molecular complexity index is 477. The molecule has 0 radical (unpaired) electrons. The molecule has 1 unspecified atom stereocenters. The molecule has 0 bridgehead atoms. The van der Waals surface area contributed by atoms with Gasteiger partial charge < -0.3 is 4.90 Å². The van der Waals surface area contributed by atoms with Crippen LogP contribution in [0.1, 0.15) is 36.5 Å². The Morgan fingerprint density at radius 2 is 2.15 bits per heavy atom. The van der Waals surface area contributed by atoms with Crippen LogP contribution in [-0.2, 0) is 0 Å². The fourth-order valence-electron chi connectivity index (χ4n) is 3.36. The van der Waals surface area contributed by atoms with Gasteiger partial charge in [-0.1, -0.05) is 6.92 Å². The molecule has 2 saturated heterocycles. The number of thiophene rings is 1. The van der Waals surface area contributed by atoms with Gasteiger partial charge in [-0.05, 0) is 36.6 Å². The average Bonchev–Trinajstić information content (AvgIpc) is 3.17. The summed E-state index contributed by atoms with van der Waals surface area (Å²) in [5, 5.41) is 3.86. The molecule has 0 aromatic carbocycles. The molecule has 108 valence electrons. The van der Waals surface area contributed by atoms with Gasteiger partial charge in [0.2, 0.25) is 0 Å². The van der Waals surface area contributed by atoms with Crippen molar-refractivity contribution >= 4 is 17.1 Å². The largest absolute Gasteiger partial charge is 0.361 e. The highest BCUT2D eigenvalue weighted by molar-refractivity contribution is 7.08. The third-order valence-corrected chi connectivity index (χ3v) is 5.11. The molecule has 1 aromatic heterocycles. The maximum atomic E-state index is 12.1. The van der Waals surface area contributed by atoms with Crippen molar-refractivity contribution in [3.8, 4) is 0 Å². The number of likely N-dealkylation sites (tertiary alicyclic amines) is 2. The van der Waals surface area contributed by atoms with Crippen molar-refractivity contribution in [2.75, 3.05) is 19.6 Å². The number of ketones is 1. The zero-order valence-corrected chi connectivity index (χ0v) is 12.8. The minimum atomic E-state index is 0.117. The third-order valence-electron chi connectivity index (χ3n) is 4.43. The van der Waals surface area contributed by atoms with Crippen LogP contribution in [0.25, 0.3) is 0 Å². The van der Waals surface area contributed by atoms with E-state index in [4.69, 9.17) is 0 Å². The first-order chi connectivity index (χ1) is 9.75. The van der Waals surface area contributed by atoms with Crippen molar-refractivity contribution in [1.29, 1.82) is 0 Å². The van der Waals surface area contributed by atoms with Gasteiger partial charge in [-0.2, -0.15) is 11.3 Å². The number of hydrogen-bond acceptors (Lipinski definition) is 4. The Hall–Kier alpha value is -1.13. The SMILES string of the molecule is CC1CCN(/C=C/C(=O)c2ccsc2)[C@@H]1N1CCCC1. The molecule has 0 amide bonds. The predicted molar refractivity (Wildman–Crippen MR) is 82.9 cm³/mol. The molecule has 20 heavy (non-hydrogen) atoms. The van der Waals surface area contributed by atoms with Gasteiger partial charge in [0.25, 0.3) is 0 Å². The standard InChI is InChI=1S/C16H22N2OS/c1-13-4-9-18(16(13)17-7-2-3-8-17)10-5-15(19)14-6-11-20-12-14/h5-6,10-13,16H,2-4,7-9H2,1H3/b10-5+/t13?,16-/m0/s1. The Balaban J connectivity index is 1.67. The van der Waals surface area contributed by atoms with E-state index in [1.807, 2.05) is 23.0 Å². The third kappa shape index (κ3) is 2.81. The van der Waals surface area contributed by atoms with Gasteiger partial charge in [-0.15, -0.1) is 0 Å². The van der Waals surface area contributed by atoms with Crippen LogP contribution in [0.2, 0.25) is 0 Å². The van der Waals surface area contributed by atoms with E-state index in [0.29, 0.717) is 12.1 Å². The lowest BCUT2D eigenvalue weighted by Crippen LogP contribution is -2.43. The average molecular weight is 290 g/mol. The molecule has 0 spiro atoms. The second-order valence-corrected chi connectivity index (χ2v) is 6.63. The van der Waals surface area contributed by atoms with Crippen LogP contribution in [0.4, 0.5) is 0 Å². The van der Waals surface area contributed by atoms with Gasteiger partial charge in [0.05, 0.1) is 6.17 Å². The smallest absolute Gasteiger partial charge is 0.188 e. The van der Waals surface area contributed by atoms with Gasteiger partial charge in [-0.3, -0.25) is 9.69 Å². The van der Waals surface area contributed by atoms with E-state index in [9.17, 15) is 4.79 Å². The molecular formula is C16H22N2OS. The number of carbonyl (C=O) groups excluding carboxylic acids is 1. The number of hydrogen-bond donors (Lipinski definition) is 0. The fourth-order valence-corrected chi connectivity index (χ4v) is 4.01. The van der Waals surface area contributed by atoms with Crippen LogP contribution in [0.3, 0.4) is 0 Å². The van der Waals surface area contributed by atoms with E-state index in [1.165, 1.54) is 32.4 Å². The topological polar surface area (TPSA) is 23.6 Å². The summed E-state index contributed by atoms with van der Waals surface area (Å²) in [6.45, 7) is 5.81. The van der Waals surface area contributed by atoms with Crippen LogP contribution >= 0.6 is 11.3 Å². The monoisotopic (exact) mass is 290 g/mol. The Labute approximate surface area is 124 Å². The molecule has 0 N–H and O–H groups in total. The van der Waals surface area contributed by atoms with E-state index >= 15 is 0 Å². The van der Waals surface area contributed by atoms with Crippen molar-refractivity contribution in [3.05, 3.63) is 34.7 Å². The summed E-state index contributed by atoms with van der Waals surface area (Å²) in [6.07, 6.45) is 8.10. The lowest BCUT2D eigenvalue weighted by Gasteiger charge is -2.33. The quantitative estimate of drug-likeness (QED) is 0.628. The van der Waals surface area contributed by atoms with Crippen LogP contribution in [0.5, 0.6) is 0 Å².